The average molecular weight is 241 g/mol. The van der Waals surface area contributed by atoms with Crippen LogP contribution in [0.2, 0.25) is 0 Å². The fraction of sp³-hybridized carbons (Fsp3) is 0.714. The molecule has 0 aromatic rings. The zero-order chi connectivity index (χ0) is 12.4. The number of rotatable bonds is 5. The summed E-state index contributed by atoms with van der Waals surface area (Å²) >= 11 is -0.816. The van der Waals surface area contributed by atoms with Gasteiger partial charge in [-0.1, -0.05) is 0 Å². The maximum Gasteiger partial charge on any atom is 0.333 e. The summed E-state index contributed by atoms with van der Waals surface area (Å²) in [4.78, 5) is 19.4. The van der Waals surface area contributed by atoms with Crippen molar-refractivity contribution in [3.05, 3.63) is 0 Å². The van der Waals surface area contributed by atoms with Crippen LogP contribution in [0, 0.1) is 0 Å². The predicted molar refractivity (Wildman–Crippen MR) is 53.6 cm³/mol. The number of hydrogen-bond donors (Lipinski definition) is 4. The Kier molecular flexibility index (Phi) is 10.7. The molecule has 7 nitrogen and oxygen atoms in total. The normalized spacial score (nSPS) is 13.3. The van der Waals surface area contributed by atoms with Gasteiger partial charge in [0.05, 0.1) is 6.42 Å². The smallest absolute Gasteiger partial charge is 0.333 e. The molecule has 90 valence electrons. The highest BCUT2D eigenvalue weighted by Gasteiger charge is 2.16. The molecule has 2 atom stereocenters. The lowest BCUT2D eigenvalue weighted by atomic mass is 10.3. The molecule has 2 unspecified atom stereocenters. The van der Waals surface area contributed by atoms with Crippen LogP contribution in [0.5, 0.6) is 0 Å². The minimum absolute atomic E-state index is 0.755. The molecule has 0 aliphatic heterocycles. The van der Waals surface area contributed by atoms with Crippen LogP contribution in [-0.2, 0) is 21.0 Å². The fourth-order valence-electron chi connectivity index (χ4n) is 0.456. The molecule has 0 heterocycles. The monoisotopic (exact) mass is 241 g/mol. The van der Waals surface area contributed by atoms with Gasteiger partial charge in [0.2, 0.25) is 0 Å². The minimum Gasteiger partial charge on any atom is -0.598 e. The zero-order valence-corrected chi connectivity index (χ0v) is 9.28. The van der Waals surface area contributed by atoms with Crippen LogP contribution in [0.4, 0.5) is 0 Å². The van der Waals surface area contributed by atoms with E-state index in [0.717, 1.165) is 6.54 Å². The summed E-state index contributed by atoms with van der Waals surface area (Å²) in [6, 6.07) is 0. The SMILES string of the molecule is CCN[S+](C)[O-].O=C(O)CC(O)C(=O)O. The molecule has 15 heavy (non-hydrogen) atoms. The number of aliphatic hydroxyl groups is 1. The van der Waals surface area contributed by atoms with Crippen LogP contribution in [0.25, 0.3) is 0 Å². The molecular formula is C7H15NO6S. The molecular weight excluding hydrogens is 226 g/mol. The van der Waals surface area contributed by atoms with Crippen molar-refractivity contribution in [2.24, 2.45) is 0 Å². The second-order valence-electron chi connectivity index (χ2n) is 2.40. The quantitative estimate of drug-likeness (QED) is 0.444. The van der Waals surface area contributed by atoms with Crippen molar-refractivity contribution in [3.63, 3.8) is 0 Å². The maximum absolute atomic E-state index is 10.0. The first-order valence-electron chi connectivity index (χ1n) is 4.00. The first-order valence-corrected chi connectivity index (χ1v) is 5.56. The Labute approximate surface area is 90.4 Å². The molecule has 8 heteroatoms. The number of hydrogen-bond acceptors (Lipinski definition) is 5. The van der Waals surface area contributed by atoms with Gasteiger partial charge in [-0.2, -0.15) is 0 Å². The molecule has 0 bridgehead atoms. The molecule has 0 aliphatic carbocycles. The molecule has 0 amide bonds. The lowest BCUT2D eigenvalue weighted by molar-refractivity contribution is -0.152. The number of carboxylic acid groups (broad SMARTS) is 2. The van der Waals surface area contributed by atoms with Crippen LogP contribution in [-0.4, -0.2) is 50.7 Å². The van der Waals surface area contributed by atoms with Crippen molar-refractivity contribution in [1.82, 2.24) is 4.72 Å². The Morgan fingerprint density at radius 3 is 2.00 bits per heavy atom. The highest BCUT2D eigenvalue weighted by atomic mass is 32.2. The molecule has 0 aliphatic rings. The standard InChI is InChI=1S/C4H6O5.C3H9NOS/c5-2(4(8)9)1-3(6)7;1-3-4-6(2)5/h2,5H,1H2,(H,6,7)(H,8,9);4H,3H2,1-2H3. The van der Waals surface area contributed by atoms with E-state index in [1.165, 1.54) is 0 Å². The Hall–Kier alpha value is -0.830. The zero-order valence-electron chi connectivity index (χ0n) is 8.47. The van der Waals surface area contributed by atoms with E-state index in [0.29, 0.717) is 0 Å². The van der Waals surface area contributed by atoms with E-state index >= 15 is 0 Å². The third-order valence-electron chi connectivity index (χ3n) is 1.00. The van der Waals surface area contributed by atoms with Crippen LogP contribution < -0.4 is 4.72 Å². The third-order valence-corrected chi connectivity index (χ3v) is 1.70. The number of aliphatic hydroxyl groups excluding tert-OH is 1. The molecule has 0 fully saturated rings. The van der Waals surface area contributed by atoms with Crippen LogP contribution >= 0.6 is 0 Å². The molecule has 0 aromatic heterocycles. The van der Waals surface area contributed by atoms with Crippen LogP contribution in [0.1, 0.15) is 13.3 Å². The summed E-state index contributed by atoms with van der Waals surface area (Å²) in [5, 5.41) is 24.1. The summed E-state index contributed by atoms with van der Waals surface area (Å²) in [6.07, 6.45) is -0.929. The van der Waals surface area contributed by atoms with E-state index in [9.17, 15) is 14.1 Å². The summed E-state index contributed by atoms with van der Waals surface area (Å²) in [5.74, 6) is -2.85. The van der Waals surface area contributed by atoms with Crippen LogP contribution in [0.15, 0.2) is 0 Å². The Morgan fingerprint density at radius 2 is 1.93 bits per heavy atom. The topological polar surface area (TPSA) is 130 Å². The molecule has 0 rings (SSSR count). The molecule has 4 N–H and O–H groups in total. The maximum atomic E-state index is 10.0. The third kappa shape index (κ3) is 15.9. The van der Waals surface area contributed by atoms with E-state index < -0.39 is 35.8 Å². The number of aliphatic carboxylic acids is 2. The van der Waals surface area contributed by atoms with E-state index in [1.807, 2.05) is 6.92 Å². The lowest BCUT2D eigenvalue weighted by Crippen LogP contribution is -2.22. The number of nitrogens with one attached hydrogen (secondary N) is 1. The molecule has 0 saturated heterocycles. The number of carbonyl (C=O) groups is 2. The Balaban J connectivity index is 0. The van der Waals surface area contributed by atoms with E-state index in [2.05, 4.69) is 4.72 Å². The van der Waals surface area contributed by atoms with Gasteiger partial charge in [-0.25, -0.2) is 4.79 Å². The van der Waals surface area contributed by atoms with Crippen molar-refractivity contribution < 1.29 is 29.5 Å². The van der Waals surface area contributed by atoms with E-state index in [1.54, 1.807) is 6.26 Å². The van der Waals surface area contributed by atoms with E-state index in [4.69, 9.17) is 15.3 Å². The van der Waals surface area contributed by atoms with Gasteiger partial charge in [-0.3, -0.25) is 4.79 Å². The van der Waals surface area contributed by atoms with Crippen molar-refractivity contribution >= 4 is 23.3 Å². The van der Waals surface area contributed by atoms with Gasteiger partial charge >= 0.3 is 11.9 Å². The van der Waals surface area contributed by atoms with Gasteiger partial charge in [-0.05, 0) is 6.92 Å². The fourth-order valence-corrected chi connectivity index (χ4v) is 0.863. The summed E-state index contributed by atoms with van der Waals surface area (Å²) in [7, 11) is 0. The lowest BCUT2D eigenvalue weighted by Gasteiger charge is -1.99. The Bertz CT molecular complexity index is 198. The van der Waals surface area contributed by atoms with Crippen molar-refractivity contribution in [2.75, 3.05) is 12.8 Å². The largest absolute Gasteiger partial charge is 0.598 e. The van der Waals surface area contributed by atoms with Gasteiger partial charge in [-0.15, -0.1) is 4.72 Å². The van der Waals surface area contributed by atoms with Crippen molar-refractivity contribution in [3.8, 4) is 0 Å². The summed E-state index contributed by atoms with van der Waals surface area (Å²) < 4.78 is 12.7. The van der Waals surface area contributed by atoms with Gasteiger partial charge < -0.3 is 19.9 Å². The highest BCUT2D eigenvalue weighted by Crippen LogP contribution is 1.89. The van der Waals surface area contributed by atoms with Crippen molar-refractivity contribution in [1.29, 1.82) is 0 Å². The molecule has 0 radical (unpaired) electrons. The summed E-state index contributed by atoms with van der Waals surface area (Å²) in [6.45, 7) is 2.70. The average Bonchev–Trinajstić information content (AvgIpc) is 2.03. The first kappa shape index (κ1) is 16.6. The first-order chi connectivity index (χ1) is 6.81. The van der Waals surface area contributed by atoms with E-state index in [-0.39, 0.29) is 0 Å². The Morgan fingerprint density at radius 1 is 1.47 bits per heavy atom. The number of carboxylic acids is 2. The van der Waals surface area contributed by atoms with Crippen LogP contribution in [0.3, 0.4) is 0 Å². The van der Waals surface area contributed by atoms with Gasteiger partial charge in [0.15, 0.2) is 6.10 Å². The second kappa shape index (κ2) is 9.71. The highest BCUT2D eigenvalue weighted by molar-refractivity contribution is 7.88. The van der Waals surface area contributed by atoms with Gasteiger partial charge in [0.1, 0.15) is 6.26 Å². The second-order valence-corrected chi connectivity index (χ2v) is 3.60. The van der Waals surface area contributed by atoms with Gasteiger partial charge in [0, 0.05) is 17.9 Å². The minimum atomic E-state index is -1.79. The molecule has 0 aromatic carbocycles. The molecule has 0 saturated carbocycles. The van der Waals surface area contributed by atoms with Crippen molar-refractivity contribution in [2.45, 2.75) is 19.4 Å². The molecule has 0 spiro atoms. The predicted octanol–water partition coefficient (Wildman–Crippen LogP) is -1.20. The summed E-state index contributed by atoms with van der Waals surface area (Å²) in [5.41, 5.74) is 0. The van der Waals surface area contributed by atoms with Gasteiger partial charge in [0.25, 0.3) is 0 Å².